The Bertz CT molecular complexity index is 194. The first-order chi connectivity index (χ1) is 6.61. The molecule has 0 saturated heterocycles. The van der Waals surface area contributed by atoms with E-state index in [0.717, 1.165) is 12.8 Å². The van der Waals surface area contributed by atoms with Gasteiger partial charge >= 0.3 is 5.97 Å². The number of carbonyl (C=O) groups excluding carboxylic acids is 2. The van der Waals surface area contributed by atoms with E-state index in [0.29, 0.717) is 13.0 Å². The van der Waals surface area contributed by atoms with Crippen LogP contribution in [-0.2, 0) is 14.3 Å². The number of unbranched alkanes of at least 4 members (excludes halogenated alkanes) is 1. The molecule has 82 valence electrons. The van der Waals surface area contributed by atoms with Gasteiger partial charge in [0.25, 0.3) is 0 Å². The predicted octanol–water partition coefficient (Wildman–Crippen LogP) is -0.207. The Kier molecular flexibility index (Phi) is 6.74. The number of hydrogen-bond acceptors (Lipinski definition) is 4. The molecule has 1 atom stereocenters. The van der Waals surface area contributed by atoms with E-state index in [4.69, 9.17) is 5.73 Å². The topological polar surface area (TPSA) is 81.4 Å². The van der Waals surface area contributed by atoms with Crippen LogP contribution in [0.25, 0.3) is 0 Å². The number of amides is 1. The number of esters is 1. The van der Waals surface area contributed by atoms with Crippen molar-refractivity contribution in [2.75, 3.05) is 13.7 Å². The highest BCUT2D eigenvalue weighted by atomic mass is 16.5. The molecule has 5 heteroatoms. The van der Waals surface area contributed by atoms with Crippen molar-refractivity contribution in [3.63, 3.8) is 0 Å². The molecule has 0 radical (unpaired) electrons. The first kappa shape index (κ1) is 12.9. The van der Waals surface area contributed by atoms with Crippen LogP contribution in [0.5, 0.6) is 0 Å². The minimum Gasteiger partial charge on any atom is -0.467 e. The van der Waals surface area contributed by atoms with E-state index in [1.165, 1.54) is 7.11 Å². The van der Waals surface area contributed by atoms with E-state index >= 15 is 0 Å². The largest absolute Gasteiger partial charge is 0.467 e. The molecular formula is C9H18N2O3. The zero-order chi connectivity index (χ0) is 11.0. The van der Waals surface area contributed by atoms with Gasteiger partial charge in [-0.3, -0.25) is 4.79 Å². The third-order valence-corrected chi connectivity index (χ3v) is 1.79. The minimum atomic E-state index is -0.578. The van der Waals surface area contributed by atoms with Gasteiger partial charge in [-0.05, 0) is 26.3 Å². The molecule has 0 aromatic rings. The molecule has 0 rings (SSSR count). The molecule has 0 aromatic carbocycles. The van der Waals surface area contributed by atoms with Crippen molar-refractivity contribution >= 4 is 11.9 Å². The van der Waals surface area contributed by atoms with Crippen molar-refractivity contribution < 1.29 is 14.3 Å². The fourth-order valence-electron chi connectivity index (χ4n) is 0.979. The highest BCUT2D eigenvalue weighted by molar-refractivity contribution is 5.83. The van der Waals surface area contributed by atoms with Crippen molar-refractivity contribution in [1.82, 2.24) is 5.32 Å². The van der Waals surface area contributed by atoms with Gasteiger partial charge in [0.2, 0.25) is 5.91 Å². The van der Waals surface area contributed by atoms with Gasteiger partial charge in [-0.25, -0.2) is 4.79 Å². The van der Waals surface area contributed by atoms with E-state index in [1.807, 2.05) is 0 Å². The van der Waals surface area contributed by atoms with E-state index in [2.05, 4.69) is 10.1 Å². The fraction of sp³-hybridized carbons (Fsp3) is 0.778. The van der Waals surface area contributed by atoms with Crippen LogP contribution in [0.3, 0.4) is 0 Å². The molecule has 1 amide bonds. The van der Waals surface area contributed by atoms with Crippen LogP contribution < -0.4 is 11.1 Å². The number of nitrogens with two attached hydrogens (primary N) is 1. The van der Waals surface area contributed by atoms with Gasteiger partial charge in [0, 0.05) is 6.42 Å². The molecule has 0 spiro atoms. The Morgan fingerprint density at radius 2 is 2.07 bits per heavy atom. The Morgan fingerprint density at radius 3 is 2.57 bits per heavy atom. The molecule has 14 heavy (non-hydrogen) atoms. The molecule has 5 nitrogen and oxygen atoms in total. The molecule has 0 saturated carbocycles. The summed E-state index contributed by atoms with van der Waals surface area (Å²) in [5.74, 6) is -0.575. The second-order valence-electron chi connectivity index (χ2n) is 3.06. The third kappa shape index (κ3) is 5.53. The number of carbonyl (C=O) groups is 2. The van der Waals surface area contributed by atoms with Gasteiger partial charge in [0.05, 0.1) is 7.11 Å². The van der Waals surface area contributed by atoms with Crippen LogP contribution in [-0.4, -0.2) is 31.6 Å². The zero-order valence-corrected chi connectivity index (χ0v) is 8.71. The molecule has 3 N–H and O–H groups in total. The number of methoxy groups -OCH3 is 1. The quantitative estimate of drug-likeness (QED) is 0.461. The van der Waals surface area contributed by atoms with Gasteiger partial charge in [-0.15, -0.1) is 0 Å². The Labute approximate surface area is 84.0 Å². The Balaban J connectivity index is 3.65. The van der Waals surface area contributed by atoms with Crippen LogP contribution in [0.4, 0.5) is 0 Å². The van der Waals surface area contributed by atoms with E-state index in [1.54, 1.807) is 6.92 Å². The SMILES string of the molecule is COC(=O)C(C)NC(=O)CCCCN. The predicted molar refractivity (Wildman–Crippen MR) is 52.5 cm³/mol. The zero-order valence-electron chi connectivity index (χ0n) is 8.71. The smallest absolute Gasteiger partial charge is 0.328 e. The summed E-state index contributed by atoms with van der Waals surface area (Å²) in [6.45, 7) is 2.17. The van der Waals surface area contributed by atoms with Crippen molar-refractivity contribution in [2.24, 2.45) is 5.73 Å². The average molecular weight is 202 g/mol. The number of hydrogen-bond donors (Lipinski definition) is 2. The van der Waals surface area contributed by atoms with Gasteiger partial charge in [-0.2, -0.15) is 0 Å². The molecule has 0 aromatic heterocycles. The summed E-state index contributed by atoms with van der Waals surface area (Å²) in [6.07, 6.45) is 1.97. The minimum absolute atomic E-state index is 0.142. The third-order valence-electron chi connectivity index (χ3n) is 1.79. The summed E-state index contributed by atoms with van der Waals surface area (Å²) < 4.78 is 4.46. The number of rotatable bonds is 6. The normalized spacial score (nSPS) is 11.9. The molecule has 0 aliphatic heterocycles. The van der Waals surface area contributed by atoms with Gasteiger partial charge < -0.3 is 15.8 Å². The van der Waals surface area contributed by atoms with Crippen molar-refractivity contribution in [2.45, 2.75) is 32.2 Å². The lowest BCUT2D eigenvalue weighted by atomic mass is 10.2. The Hall–Kier alpha value is -1.10. The monoisotopic (exact) mass is 202 g/mol. The van der Waals surface area contributed by atoms with Crippen LogP contribution in [0.15, 0.2) is 0 Å². The van der Waals surface area contributed by atoms with Crippen molar-refractivity contribution in [1.29, 1.82) is 0 Å². The lowest BCUT2D eigenvalue weighted by Gasteiger charge is -2.10. The van der Waals surface area contributed by atoms with E-state index < -0.39 is 12.0 Å². The van der Waals surface area contributed by atoms with Crippen molar-refractivity contribution in [3.8, 4) is 0 Å². The molecule has 0 fully saturated rings. The summed E-state index contributed by atoms with van der Waals surface area (Å²) in [5, 5.41) is 2.54. The van der Waals surface area contributed by atoms with Gasteiger partial charge in [-0.1, -0.05) is 0 Å². The highest BCUT2D eigenvalue weighted by Gasteiger charge is 2.14. The summed E-state index contributed by atoms with van der Waals surface area (Å²) >= 11 is 0. The first-order valence-electron chi connectivity index (χ1n) is 4.69. The maximum Gasteiger partial charge on any atom is 0.328 e. The van der Waals surface area contributed by atoms with E-state index in [9.17, 15) is 9.59 Å². The maximum absolute atomic E-state index is 11.2. The van der Waals surface area contributed by atoms with Crippen LogP contribution in [0, 0.1) is 0 Å². The van der Waals surface area contributed by atoms with Gasteiger partial charge in [0.1, 0.15) is 6.04 Å². The van der Waals surface area contributed by atoms with Gasteiger partial charge in [0.15, 0.2) is 0 Å². The summed E-state index contributed by atoms with van der Waals surface area (Å²) in [6, 6.07) is -0.578. The molecule has 0 aliphatic carbocycles. The number of nitrogens with one attached hydrogen (secondary N) is 1. The molecular weight excluding hydrogens is 184 g/mol. The lowest BCUT2D eigenvalue weighted by molar-refractivity contribution is -0.144. The fourth-order valence-corrected chi connectivity index (χ4v) is 0.979. The average Bonchev–Trinajstić information content (AvgIpc) is 2.16. The second kappa shape index (κ2) is 7.32. The van der Waals surface area contributed by atoms with Crippen molar-refractivity contribution in [3.05, 3.63) is 0 Å². The summed E-state index contributed by atoms with van der Waals surface area (Å²) in [7, 11) is 1.29. The van der Waals surface area contributed by atoms with Crippen LogP contribution >= 0.6 is 0 Å². The lowest BCUT2D eigenvalue weighted by Crippen LogP contribution is -2.39. The highest BCUT2D eigenvalue weighted by Crippen LogP contribution is 1.95. The standard InChI is InChI=1S/C9H18N2O3/c1-7(9(13)14-2)11-8(12)5-3-4-6-10/h7H,3-6,10H2,1-2H3,(H,11,12). The molecule has 0 bridgehead atoms. The van der Waals surface area contributed by atoms with E-state index in [-0.39, 0.29) is 5.91 Å². The first-order valence-corrected chi connectivity index (χ1v) is 4.69. The summed E-state index contributed by atoms with van der Waals surface area (Å²) in [4.78, 5) is 22.1. The number of ether oxygens (including phenoxy) is 1. The summed E-state index contributed by atoms with van der Waals surface area (Å²) in [5.41, 5.74) is 5.28. The Morgan fingerprint density at radius 1 is 1.43 bits per heavy atom. The van der Waals surface area contributed by atoms with Crippen LogP contribution in [0.2, 0.25) is 0 Å². The maximum atomic E-state index is 11.2. The second-order valence-corrected chi connectivity index (χ2v) is 3.06. The molecule has 1 unspecified atom stereocenters. The molecule has 0 aliphatic rings. The molecule has 0 heterocycles. The van der Waals surface area contributed by atoms with Crippen LogP contribution in [0.1, 0.15) is 26.2 Å².